The molecule has 9 heteroatoms. The number of benzene rings is 1. The lowest BCUT2D eigenvalue weighted by Crippen LogP contribution is -2.49. The summed E-state index contributed by atoms with van der Waals surface area (Å²) in [5, 5.41) is 8.95. The Morgan fingerprint density at radius 1 is 0.939 bits per heavy atom. The fraction of sp³-hybridized carbons (Fsp3) is 0.542. The quantitative estimate of drug-likeness (QED) is 0.684. The number of anilines is 2. The van der Waals surface area contributed by atoms with E-state index in [0.29, 0.717) is 37.8 Å². The van der Waals surface area contributed by atoms with Crippen LogP contribution in [0.25, 0.3) is 0 Å². The standard InChI is InChI=1S/C24H31FN6O2/c25-20-4-1-3-19(17-20)24(32)31-14-12-30(13-15-31)23-7-6-22(26-27-23)29-10-8-28(9-11-29)18-21-5-2-16-33-21/h1,3-4,6-7,17,21H,2,5,8-16,18H2. The van der Waals surface area contributed by atoms with E-state index >= 15 is 0 Å². The first-order valence-corrected chi connectivity index (χ1v) is 11.9. The summed E-state index contributed by atoms with van der Waals surface area (Å²) >= 11 is 0. The molecule has 4 heterocycles. The number of aromatic nitrogens is 2. The van der Waals surface area contributed by atoms with Gasteiger partial charge in [0.2, 0.25) is 0 Å². The third-order valence-electron chi connectivity index (χ3n) is 6.78. The first kappa shape index (κ1) is 22.0. The van der Waals surface area contributed by atoms with Gasteiger partial charge in [-0.25, -0.2) is 4.39 Å². The lowest BCUT2D eigenvalue weighted by molar-refractivity contribution is 0.0712. The van der Waals surface area contributed by atoms with Crippen LogP contribution in [0.2, 0.25) is 0 Å². The molecule has 2 aromatic rings. The molecule has 1 atom stereocenters. The Bertz CT molecular complexity index is 936. The van der Waals surface area contributed by atoms with Crippen molar-refractivity contribution >= 4 is 17.5 Å². The van der Waals surface area contributed by atoms with Crippen molar-refractivity contribution in [2.45, 2.75) is 18.9 Å². The molecule has 0 N–H and O–H groups in total. The third-order valence-corrected chi connectivity index (χ3v) is 6.78. The highest BCUT2D eigenvalue weighted by Gasteiger charge is 2.25. The Labute approximate surface area is 193 Å². The van der Waals surface area contributed by atoms with Gasteiger partial charge in [0.15, 0.2) is 11.6 Å². The largest absolute Gasteiger partial charge is 0.377 e. The average molecular weight is 455 g/mol. The minimum Gasteiger partial charge on any atom is -0.377 e. The highest BCUT2D eigenvalue weighted by atomic mass is 19.1. The number of carbonyl (C=O) groups excluding carboxylic acids is 1. The molecular weight excluding hydrogens is 423 g/mol. The van der Waals surface area contributed by atoms with Gasteiger partial charge in [-0.3, -0.25) is 9.69 Å². The highest BCUT2D eigenvalue weighted by molar-refractivity contribution is 5.94. The van der Waals surface area contributed by atoms with Crippen LogP contribution in [0.4, 0.5) is 16.0 Å². The van der Waals surface area contributed by atoms with Gasteiger partial charge >= 0.3 is 0 Å². The van der Waals surface area contributed by atoms with Crippen molar-refractivity contribution in [3.8, 4) is 0 Å². The Morgan fingerprint density at radius 3 is 2.18 bits per heavy atom. The zero-order chi connectivity index (χ0) is 22.6. The number of carbonyl (C=O) groups is 1. The fourth-order valence-corrected chi connectivity index (χ4v) is 4.83. The molecular formula is C24H31FN6O2. The van der Waals surface area contributed by atoms with Gasteiger partial charge in [0.05, 0.1) is 6.10 Å². The SMILES string of the molecule is O=C(c1cccc(F)c1)N1CCN(c2ccc(N3CCN(CC4CCCO4)CC3)nn2)CC1. The molecule has 5 rings (SSSR count). The summed E-state index contributed by atoms with van der Waals surface area (Å²) in [4.78, 5) is 21.3. The zero-order valence-corrected chi connectivity index (χ0v) is 18.9. The topological polar surface area (TPSA) is 65.0 Å². The van der Waals surface area contributed by atoms with Crippen molar-refractivity contribution in [3.63, 3.8) is 0 Å². The van der Waals surface area contributed by atoms with E-state index in [1.807, 2.05) is 12.1 Å². The summed E-state index contributed by atoms with van der Waals surface area (Å²) in [6, 6.07) is 9.93. The van der Waals surface area contributed by atoms with E-state index < -0.39 is 0 Å². The van der Waals surface area contributed by atoms with Crippen LogP contribution in [0, 0.1) is 5.82 Å². The maximum absolute atomic E-state index is 13.4. The lowest BCUT2D eigenvalue weighted by Gasteiger charge is -2.37. The van der Waals surface area contributed by atoms with Crippen LogP contribution < -0.4 is 9.80 Å². The maximum Gasteiger partial charge on any atom is 0.254 e. The zero-order valence-electron chi connectivity index (χ0n) is 18.9. The summed E-state index contributed by atoms with van der Waals surface area (Å²) in [5.74, 6) is 1.22. The molecule has 1 unspecified atom stereocenters. The van der Waals surface area contributed by atoms with Crippen LogP contribution >= 0.6 is 0 Å². The number of nitrogens with zero attached hydrogens (tertiary/aromatic N) is 6. The molecule has 0 bridgehead atoms. The molecule has 33 heavy (non-hydrogen) atoms. The van der Waals surface area contributed by atoms with Crippen molar-refractivity contribution in [1.82, 2.24) is 20.0 Å². The van der Waals surface area contributed by atoms with Crippen LogP contribution in [-0.2, 0) is 4.74 Å². The molecule has 8 nitrogen and oxygen atoms in total. The van der Waals surface area contributed by atoms with Gasteiger partial charge in [0.1, 0.15) is 5.82 Å². The summed E-state index contributed by atoms with van der Waals surface area (Å²) in [6.07, 6.45) is 2.77. The van der Waals surface area contributed by atoms with Crippen LogP contribution in [0.15, 0.2) is 36.4 Å². The summed E-state index contributed by atoms with van der Waals surface area (Å²) in [7, 11) is 0. The second-order valence-corrected chi connectivity index (χ2v) is 8.96. The predicted octanol–water partition coefficient (Wildman–Crippen LogP) is 1.88. The van der Waals surface area contributed by atoms with E-state index in [9.17, 15) is 9.18 Å². The minimum absolute atomic E-state index is 0.130. The fourth-order valence-electron chi connectivity index (χ4n) is 4.83. The second-order valence-electron chi connectivity index (χ2n) is 8.96. The first-order valence-electron chi connectivity index (χ1n) is 11.9. The summed E-state index contributed by atoms with van der Waals surface area (Å²) in [5.41, 5.74) is 0.392. The third kappa shape index (κ3) is 5.25. The number of ether oxygens (including phenoxy) is 1. The van der Waals surface area contributed by atoms with Gasteiger partial charge in [0, 0.05) is 71.1 Å². The number of amides is 1. The van der Waals surface area contributed by atoms with Crippen LogP contribution in [0.5, 0.6) is 0 Å². The minimum atomic E-state index is -0.390. The van der Waals surface area contributed by atoms with Crippen molar-refractivity contribution < 1.29 is 13.9 Å². The molecule has 0 radical (unpaired) electrons. The molecule has 1 aromatic carbocycles. The summed E-state index contributed by atoms with van der Waals surface area (Å²) in [6.45, 7) is 8.38. The van der Waals surface area contributed by atoms with Crippen LogP contribution in [-0.4, -0.2) is 97.5 Å². The molecule has 3 fully saturated rings. The van der Waals surface area contributed by atoms with Crippen LogP contribution in [0.1, 0.15) is 23.2 Å². The lowest BCUT2D eigenvalue weighted by atomic mass is 10.1. The highest BCUT2D eigenvalue weighted by Crippen LogP contribution is 2.20. The van der Waals surface area contributed by atoms with E-state index in [2.05, 4.69) is 24.9 Å². The predicted molar refractivity (Wildman–Crippen MR) is 124 cm³/mol. The van der Waals surface area contributed by atoms with E-state index in [0.717, 1.165) is 51.0 Å². The van der Waals surface area contributed by atoms with Gasteiger partial charge in [-0.05, 0) is 43.2 Å². The number of halogens is 1. The number of rotatable bonds is 5. The van der Waals surface area contributed by atoms with Crippen molar-refractivity contribution in [2.24, 2.45) is 0 Å². The molecule has 0 aliphatic carbocycles. The number of piperazine rings is 2. The van der Waals surface area contributed by atoms with E-state index in [4.69, 9.17) is 4.74 Å². The average Bonchev–Trinajstić information content (AvgIpc) is 3.37. The number of hydrogen-bond acceptors (Lipinski definition) is 7. The monoisotopic (exact) mass is 454 g/mol. The van der Waals surface area contributed by atoms with Gasteiger partial charge in [-0.2, -0.15) is 0 Å². The molecule has 1 amide bonds. The molecule has 3 saturated heterocycles. The smallest absolute Gasteiger partial charge is 0.254 e. The Hall–Kier alpha value is -2.78. The molecule has 0 saturated carbocycles. The first-order chi connectivity index (χ1) is 16.2. The Kier molecular flexibility index (Phi) is 6.68. The van der Waals surface area contributed by atoms with Gasteiger partial charge in [-0.15, -0.1) is 10.2 Å². The normalized spacial score (nSPS) is 22.1. The van der Waals surface area contributed by atoms with Crippen LogP contribution in [0.3, 0.4) is 0 Å². The van der Waals surface area contributed by atoms with E-state index in [1.54, 1.807) is 17.0 Å². The van der Waals surface area contributed by atoms with Crippen molar-refractivity contribution in [1.29, 1.82) is 0 Å². The Balaban J connectivity index is 1.11. The van der Waals surface area contributed by atoms with Gasteiger partial charge in [0.25, 0.3) is 5.91 Å². The Morgan fingerprint density at radius 2 is 1.61 bits per heavy atom. The molecule has 176 valence electrons. The molecule has 1 aromatic heterocycles. The van der Waals surface area contributed by atoms with E-state index in [1.165, 1.54) is 25.0 Å². The summed E-state index contributed by atoms with van der Waals surface area (Å²) < 4.78 is 19.2. The molecule has 3 aliphatic rings. The van der Waals surface area contributed by atoms with Gasteiger partial charge < -0.3 is 19.4 Å². The molecule has 0 spiro atoms. The molecule has 3 aliphatic heterocycles. The maximum atomic E-state index is 13.4. The van der Waals surface area contributed by atoms with E-state index in [-0.39, 0.29) is 11.7 Å². The second kappa shape index (κ2) is 10.0. The van der Waals surface area contributed by atoms with Gasteiger partial charge in [-0.1, -0.05) is 6.07 Å². The van der Waals surface area contributed by atoms with Crippen molar-refractivity contribution in [3.05, 3.63) is 47.8 Å². The van der Waals surface area contributed by atoms with Crippen molar-refractivity contribution in [2.75, 3.05) is 75.3 Å². The number of hydrogen-bond donors (Lipinski definition) is 0.